The summed E-state index contributed by atoms with van der Waals surface area (Å²) in [7, 11) is 0. The number of carbonyl (C=O) groups excluding carboxylic acids is 1. The van der Waals surface area contributed by atoms with Gasteiger partial charge in [-0.1, -0.05) is 112 Å². The Labute approximate surface area is 264 Å². The molecule has 2 aliphatic heterocycles. The Hall–Kier alpha value is -3.40. The van der Waals surface area contributed by atoms with Gasteiger partial charge in [0, 0.05) is 18.8 Å². The molecule has 0 N–H and O–H groups in total. The van der Waals surface area contributed by atoms with Crippen molar-refractivity contribution in [2.24, 2.45) is 4.99 Å². The summed E-state index contributed by atoms with van der Waals surface area (Å²) < 4.78 is 5.99. The van der Waals surface area contributed by atoms with Crippen LogP contribution in [0.25, 0.3) is 0 Å². The third-order valence-corrected chi connectivity index (χ3v) is 8.29. The lowest BCUT2D eigenvalue weighted by molar-refractivity contribution is -0.116. The van der Waals surface area contributed by atoms with Crippen molar-refractivity contribution in [3.05, 3.63) is 94.9 Å². The first-order chi connectivity index (χ1) is 21.0. The van der Waals surface area contributed by atoms with E-state index in [0.717, 1.165) is 34.8 Å². The molecule has 0 saturated heterocycles. The number of anilines is 1. The lowest BCUT2D eigenvalue weighted by atomic mass is 10.1. The van der Waals surface area contributed by atoms with Crippen LogP contribution in [-0.2, 0) is 17.8 Å². The van der Waals surface area contributed by atoms with Crippen molar-refractivity contribution in [2.75, 3.05) is 11.5 Å². The van der Waals surface area contributed by atoms with E-state index >= 15 is 0 Å². The van der Waals surface area contributed by atoms with Crippen LogP contribution in [0.2, 0.25) is 5.02 Å². The molecule has 0 radical (unpaired) electrons. The molecule has 6 heteroatoms. The number of rotatable bonds is 19. The molecule has 2 heterocycles. The van der Waals surface area contributed by atoms with Crippen molar-refractivity contribution in [1.29, 1.82) is 0 Å². The van der Waals surface area contributed by atoms with E-state index in [1.807, 2.05) is 59.7 Å². The van der Waals surface area contributed by atoms with Gasteiger partial charge in [0.2, 0.25) is 17.4 Å². The summed E-state index contributed by atoms with van der Waals surface area (Å²) in [4.78, 5) is 21.0. The minimum absolute atomic E-state index is 0.0276. The molecule has 0 bridgehead atoms. The van der Waals surface area contributed by atoms with Crippen LogP contribution in [0.1, 0.15) is 102 Å². The SMILES string of the molecule is CCCCCCCCCCCCCCOc1ccc(CN(C(C)=O)c2cccc(CC3=N[C+]=C4C=CC=CN43)c2)cc1Cl. The molecule has 2 aliphatic rings. The highest BCUT2D eigenvalue weighted by molar-refractivity contribution is 6.32. The summed E-state index contributed by atoms with van der Waals surface area (Å²) >= 11 is 6.60. The Morgan fingerprint density at radius 2 is 1.63 bits per heavy atom. The Kier molecular flexibility index (Phi) is 13.3. The van der Waals surface area contributed by atoms with E-state index < -0.39 is 0 Å². The summed E-state index contributed by atoms with van der Waals surface area (Å²) in [5.41, 5.74) is 3.82. The molecule has 1 amide bonds. The molecule has 2 aromatic rings. The van der Waals surface area contributed by atoms with Crippen LogP contribution in [0.15, 0.2) is 77.6 Å². The molecule has 0 fully saturated rings. The van der Waals surface area contributed by atoms with Gasteiger partial charge in [-0.2, -0.15) is 0 Å². The lowest BCUT2D eigenvalue weighted by Crippen LogP contribution is -2.28. The second kappa shape index (κ2) is 17.7. The molecular weight excluding hydrogens is 554 g/mol. The van der Waals surface area contributed by atoms with E-state index in [1.54, 1.807) is 11.8 Å². The molecule has 228 valence electrons. The number of nitrogens with zero attached hydrogens (tertiary/aromatic N) is 3. The van der Waals surface area contributed by atoms with Crippen molar-refractivity contribution in [3.8, 4) is 5.75 Å². The monoisotopic (exact) mass is 600 g/mol. The quantitative estimate of drug-likeness (QED) is 0.119. The Bertz CT molecular complexity index is 1310. The largest absolute Gasteiger partial charge is 0.492 e. The Morgan fingerprint density at radius 3 is 2.33 bits per heavy atom. The number of amides is 1. The van der Waals surface area contributed by atoms with Gasteiger partial charge in [-0.15, -0.1) is 0 Å². The van der Waals surface area contributed by atoms with E-state index in [4.69, 9.17) is 16.3 Å². The van der Waals surface area contributed by atoms with Crippen molar-refractivity contribution < 1.29 is 9.53 Å². The summed E-state index contributed by atoms with van der Waals surface area (Å²) in [6, 6.07) is 13.9. The van der Waals surface area contributed by atoms with Gasteiger partial charge in [-0.25, -0.2) is 4.90 Å². The predicted octanol–water partition coefficient (Wildman–Crippen LogP) is 9.96. The standard InChI is InChI=1S/C37H47ClN3O2/c1-3-4-5-6-7-8-9-10-11-12-13-16-24-43-36-22-21-32(26-35(36)38)29-41(30(2)42)33-20-17-18-31(25-33)27-37-39-28-34-19-14-15-23-40(34)37/h14-15,17-23,25-26H,3-13,16,24,27,29H2,1-2H3/q+1. The van der Waals surface area contributed by atoms with Gasteiger partial charge in [0.15, 0.2) is 6.20 Å². The molecule has 0 spiro atoms. The van der Waals surface area contributed by atoms with E-state index in [-0.39, 0.29) is 5.91 Å². The minimum Gasteiger partial charge on any atom is -0.492 e. The van der Waals surface area contributed by atoms with Crippen LogP contribution in [0.3, 0.4) is 0 Å². The summed E-state index contributed by atoms with van der Waals surface area (Å²) in [6.45, 7) is 4.97. The maximum absolute atomic E-state index is 12.7. The van der Waals surface area contributed by atoms with Gasteiger partial charge in [0.25, 0.3) is 0 Å². The van der Waals surface area contributed by atoms with Gasteiger partial charge in [0.1, 0.15) is 5.75 Å². The van der Waals surface area contributed by atoms with Crippen LogP contribution in [0.4, 0.5) is 5.69 Å². The number of aliphatic imine (C=N–C) groups is 1. The number of amidine groups is 1. The third-order valence-electron chi connectivity index (χ3n) is 7.99. The van der Waals surface area contributed by atoms with Crippen LogP contribution in [-0.4, -0.2) is 23.2 Å². The predicted molar refractivity (Wildman–Crippen MR) is 179 cm³/mol. The Balaban J connectivity index is 1.20. The maximum Gasteiger partial charge on any atom is 0.247 e. The van der Waals surface area contributed by atoms with Crippen LogP contribution < -0.4 is 9.64 Å². The molecular formula is C37H47ClN3O2+. The highest BCUT2D eigenvalue weighted by Crippen LogP contribution is 2.28. The van der Waals surface area contributed by atoms with Crippen LogP contribution >= 0.6 is 11.6 Å². The molecule has 0 aliphatic carbocycles. The van der Waals surface area contributed by atoms with Gasteiger partial charge in [-0.3, -0.25) is 4.79 Å². The van der Waals surface area contributed by atoms with Crippen molar-refractivity contribution in [2.45, 2.75) is 104 Å². The molecule has 0 aromatic heterocycles. The number of fused-ring (bicyclic) bond motifs is 1. The molecule has 43 heavy (non-hydrogen) atoms. The molecule has 2 aromatic carbocycles. The molecule has 0 saturated carbocycles. The number of halogens is 1. The lowest BCUT2D eigenvalue weighted by Gasteiger charge is -2.22. The zero-order chi connectivity index (χ0) is 30.3. The topological polar surface area (TPSA) is 45.1 Å². The van der Waals surface area contributed by atoms with E-state index in [0.29, 0.717) is 30.3 Å². The first-order valence-corrected chi connectivity index (χ1v) is 16.5. The van der Waals surface area contributed by atoms with Gasteiger partial charge in [-0.05, 0) is 54.0 Å². The van der Waals surface area contributed by atoms with E-state index in [9.17, 15) is 4.79 Å². The van der Waals surface area contributed by atoms with Gasteiger partial charge < -0.3 is 9.64 Å². The minimum atomic E-state index is -0.0276. The maximum atomic E-state index is 12.7. The fraction of sp³-hybridized carbons (Fsp3) is 0.459. The van der Waals surface area contributed by atoms with E-state index in [1.165, 1.54) is 70.6 Å². The smallest absolute Gasteiger partial charge is 0.247 e. The first kappa shape index (κ1) is 32.5. The number of hydrogen-bond acceptors (Lipinski definition) is 4. The molecule has 0 unspecified atom stereocenters. The average molecular weight is 601 g/mol. The van der Waals surface area contributed by atoms with Crippen molar-refractivity contribution in [3.63, 3.8) is 0 Å². The summed E-state index contributed by atoms with van der Waals surface area (Å²) in [5.74, 6) is 1.58. The highest BCUT2D eigenvalue weighted by atomic mass is 35.5. The van der Waals surface area contributed by atoms with Crippen molar-refractivity contribution >= 4 is 29.0 Å². The molecule has 0 atom stereocenters. The summed E-state index contributed by atoms with van der Waals surface area (Å²) in [6.07, 6.45) is 27.5. The number of ether oxygens (including phenoxy) is 1. The Morgan fingerprint density at radius 1 is 0.907 bits per heavy atom. The van der Waals surface area contributed by atoms with Crippen LogP contribution in [0.5, 0.6) is 5.75 Å². The molecule has 5 nitrogen and oxygen atoms in total. The van der Waals surface area contributed by atoms with Crippen molar-refractivity contribution in [1.82, 2.24) is 4.90 Å². The second-order valence-corrected chi connectivity index (χ2v) is 12.0. The van der Waals surface area contributed by atoms with Gasteiger partial charge in [0.05, 0.1) is 30.7 Å². The molecule has 4 rings (SSSR count). The summed E-state index contributed by atoms with van der Waals surface area (Å²) in [5, 5.41) is 0.580. The van der Waals surface area contributed by atoms with Crippen LogP contribution in [0, 0.1) is 6.20 Å². The fourth-order valence-electron chi connectivity index (χ4n) is 5.53. The second-order valence-electron chi connectivity index (χ2n) is 11.5. The number of allylic oxidation sites excluding steroid dienone is 3. The number of unbranched alkanes of at least 4 members (excludes halogenated alkanes) is 11. The zero-order valence-corrected chi connectivity index (χ0v) is 26.7. The number of carbonyl (C=O) groups is 1. The van der Waals surface area contributed by atoms with E-state index in [2.05, 4.69) is 30.2 Å². The average Bonchev–Trinajstić information content (AvgIpc) is 3.41. The highest BCUT2D eigenvalue weighted by Gasteiger charge is 2.28. The fourth-order valence-corrected chi connectivity index (χ4v) is 5.79. The third kappa shape index (κ3) is 10.4. The number of benzene rings is 2. The zero-order valence-electron chi connectivity index (χ0n) is 26.0. The number of hydrogen-bond donors (Lipinski definition) is 0. The van der Waals surface area contributed by atoms with Gasteiger partial charge >= 0.3 is 0 Å². The first-order valence-electron chi connectivity index (χ1n) is 16.2. The normalized spacial score (nSPS) is 13.4.